The summed E-state index contributed by atoms with van der Waals surface area (Å²) in [4.78, 5) is 14.1. The molecule has 90 valence electrons. The van der Waals surface area contributed by atoms with Gasteiger partial charge >= 0.3 is 6.36 Å². The lowest BCUT2D eigenvalue weighted by Gasteiger charge is -2.11. The minimum atomic E-state index is -5.05. The molecule has 0 bridgehead atoms. The average molecular weight is 246 g/mol. The van der Waals surface area contributed by atoms with E-state index in [1.807, 2.05) is 0 Å². The molecule has 0 aromatic carbocycles. The highest BCUT2D eigenvalue weighted by Gasteiger charge is 2.34. The lowest BCUT2D eigenvalue weighted by atomic mass is 10.1. The van der Waals surface area contributed by atoms with Gasteiger partial charge in [-0.15, -0.1) is 13.2 Å². The van der Waals surface area contributed by atoms with Gasteiger partial charge in [0.25, 0.3) is 0 Å². The third kappa shape index (κ3) is 2.97. The molecule has 0 aliphatic rings. The maximum absolute atomic E-state index is 12.0. The molecular weight excluding hydrogens is 241 g/mol. The highest BCUT2D eigenvalue weighted by atomic mass is 19.4. The Labute approximate surface area is 92.6 Å². The van der Waals surface area contributed by atoms with Gasteiger partial charge in [-0.05, 0) is 6.07 Å². The van der Waals surface area contributed by atoms with Gasteiger partial charge in [-0.25, -0.2) is 0 Å². The number of rotatable bonds is 2. The van der Waals surface area contributed by atoms with Crippen LogP contribution in [0.1, 0.15) is 15.9 Å². The zero-order valence-corrected chi connectivity index (χ0v) is 8.08. The van der Waals surface area contributed by atoms with Crippen LogP contribution in [0.4, 0.5) is 19.0 Å². The quantitative estimate of drug-likeness (QED) is 0.789. The number of pyridine rings is 1. The Balaban J connectivity index is 3.40. The molecule has 9 heteroatoms. The van der Waals surface area contributed by atoms with Crippen LogP contribution >= 0.6 is 0 Å². The molecule has 1 aromatic heterocycles. The van der Waals surface area contributed by atoms with E-state index in [4.69, 9.17) is 16.7 Å². The summed E-state index contributed by atoms with van der Waals surface area (Å²) in [5.41, 5.74) is 8.84. The van der Waals surface area contributed by atoms with Gasteiger partial charge in [0.2, 0.25) is 11.8 Å². The van der Waals surface area contributed by atoms with Gasteiger partial charge in [0.15, 0.2) is 0 Å². The van der Waals surface area contributed by atoms with Crippen LogP contribution in [-0.4, -0.2) is 17.3 Å². The lowest BCUT2D eigenvalue weighted by molar-refractivity contribution is -0.276. The summed E-state index contributed by atoms with van der Waals surface area (Å²) >= 11 is 0. The first-order chi connectivity index (χ1) is 7.74. The number of primary amides is 1. The van der Waals surface area contributed by atoms with E-state index < -0.39 is 35.1 Å². The molecule has 1 aromatic rings. The summed E-state index contributed by atoms with van der Waals surface area (Å²) in [7, 11) is 0. The number of nitrogens with two attached hydrogens (primary N) is 2. The SMILES string of the molecule is N#Cc1c(C(N)=O)cc(N)nc1OC(F)(F)F. The van der Waals surface area contributed by atoms with E-state index >= 15 is 0 Å². The minimum absolute atomic E-state index is 0.419. The molecule has 0 saturated carbocycles. The van der Waals surface area contributed by atoms with Gasteiger partial charge in [-0.2, -0.15) is 10.2 Å². The topological polar surface area (TPSA) is 115 Å². The fraction of sp³-hybridized carbons (Fsp3) is 0.125. The molecule has 6 nitrogen and oxygen atoms in total. The van der Waals surface area contributed by atoms with E-state index in [-0.39, 0.29) is 0 Å². The van der Waals surface area contributed by atoms with E-state index in [9.17, 15) is 18.0 Å². The highest BCUT2D eigenvalue weighted by Crippen LogP contribution is 2.27. The molecule has 0 saturated heterocycles. The zero-order valence-electron chi connectivity index (χ0n) is 8.08. The van der Waals surface area contributed by atoms with Crippen LogP contribution in [0.2, 0.25) is 0 Å². The number of anilines is 1. The van der Waals surface area contributed by atoms with Crippen LogP contribution in [0.5, 0.6) is 5.88 Å². The van der Waals surface area contributed by atoms with Crippen molar-refractivity contribution < 1.29 is 22.7 Å². The fourth-order valence-corrected chi connectivity index (χ4v) is 1.03. The van der Waals surface area contributed by atoms with Crippen molar-refractivity contribution >= 4 is 11.7 Å². The van der Waals surface area contributed by atoms with Gasteiger partial charge in [-0.3, -0.25) is 4.79 Å². The second kappa shape index (κ2) is 4.17. The van der Waals surface area contributed by atoms with Crippen molar-refractivity contribution in [1.82, 2.24) is 4.98 Å². The first-order valence-corrected chi connectivity index (χ1v) is 4.00. The molecule has 1 heterocycles. The largest absolute Gasteiger partial charge is 0.574 e. The third-order valence-electron chi connectivity index (χ3n) is 1.60. The number of hydrogen-bond acceptors (Lipinski definition) is 5. The molecule has 0 spiro atoms. The van der Waals surface area contributed by atoms with Gasteiger partial charge in [0, 0.05) is 0 Å². The van der Waals surface area contributed by atoms with Crippen molar-refractivity contribution in [2.24, 2.45) is 5.73 Å². The van der Waals surface area contributed by atoms with Crippen LogP contribution in [-0.2, 0) is 0 Å². The van der Waals surface area contributed by atoms with Gasteiger partial charge in [-0.1, -0.05) is 0 Å². The molecule has 0 atom stereocenters. The van der Waals surface area contributed by atoms with Crippen molar-refractivity contribution in [2.75, 3.05) is 5.73 Å². The molecule has 4 N–H and O–H groups in total. The van der Waals surface area contributed by atoms with E-state index in [2.05, 4.69) is 9.72 Å². The number of nitriles is 1. The number of halogens is 3. The number of carbonyl (C=O) groups excluding carboxylic acids is 1. The minimum Gasteiger partial charge on any atom is -0.386 e. The normalized spacial score (nSPS) is 10.7. The van der Waals surface area contributed by atoms with E-state index in [0.717, 1.165) is 6.07 Å². The Morgan fingerprint density at radius 1 is 1.53 bits per heavy atom. The summed E-state index contributed by atoms with van der Waals surface area (Å²) in [6, 6.07) is 2.24. The van der Waals surface area contributed by atoms with Crippen molar-refractivity contribution in [3.8, 4) is 11.9 Å². The number of amides is 1. The average Bonchev–Trinajstić information content (AvgIpc) is 2.14. The fourth-order valence-electron chi connectivity index (χ4n) is 1.03. The van der Waals surface area contributed by atoms with Crippen LogP contribution in [0.3, 0.4) is 0 Å². The molecule has 0 fully saturated rings. The molecule has 0 radical (unpaired) electrons. The Bertz CT molecular complexity index is 507. The predicted molar refractivity (Wildman–Crippen MR) is 48.6 cm³/mol. The van der Waals surface area contributed by atoms with Gasteiger partial charge in [0.05, 0.1) is 5.56 Å². The zero-order chi connectivity index (χ0) is 13.2. The first-order valence-electron chi connectivity index (χ1n) is 4.00. The Morgan fingerprint density at radius 3 is 2.53 bits per heavy atom. The Hall–Kier alpha value is -2.50. The standard InChI is InChI=1S/C8H5F3N4O2/c9-8(10,11)17-7-4(2-12)3(6(14)16)1-5(13)15-7/h1H,(H2,13,15)(H2,14,16). The van der Waals surface area contributed by atoms with Crippen molar-refractivity contribution in [2.45, 2.75) is 6.36 Å². The number of hydrogen-bond donors (Lipinski definition) is 2. The summed E-state index contributed by atoms with van der Waals surface area (Å²) in [5.74, 6) is -2.63. The second-order valence-electron chi connectivity index (χ2n) is 2.80. The molecule has 1 amide bonds. The summed E-state index contributed by atoms with van der Waals surface area (Å²) in [6.07, 6.45) is -5.05. The number of aromatic nitrogens is 1. The number of alkyl halides is 3. The van der Waals surface area contributed by atoms with Gasteiger partial charge < -0.3 is 16.2 Å². The van der Waals surface area contributed by atoms with Gasteiger partial charge in [0.1, 0.15) is 17.5 Å². The summed E-state index contributed by atoms with van der Waals surface area (Å²) < 4.78 is 39.5. The smallest absolute Gasteiger partial charge is 0.386 e. The third-order valence-corrected chi connectivity index (χ3v) is 1.60. The predicted octanol–water partition coefficient (Wildman–Crippen LogP) is 0.533. The summed E-state index contributed by atoms with van der Waals surface area (Å²) in [5, 5.41) is 8.65. The van der Waals surface area contributed by atoms with Crippen LogP contribution in [0, 0.1) is 11.3 Å². The highest BCUT2D eigenvalue weighted by molar-refractivity contribution is 5.96. The Morgan fingerprint density at radius 2 is 2.12 bits per heavy atom. The lowest BCUT2D eigenvalue weighted by Crippen LogP contribution is -2.21. The van der Waals surface area contributed by atoms with E-state index in [1.165, 1.54) is 6.07 Å². The van der Waals surface area contributed by atoms with Crippen LogP contribution in [0.15, 0.2) is 6.07 Å². The van der Waals surface area contributed by atoms with Crippen LogP contribution in [0.25, 0.3) is 0 Å². The van der Waals surface area contributed by atoms with Crippen molar-refractivity contribution in [1.29, 1.82) is 5.26 Å². The number of nitrogen functional groups attached to an aromatic ring is 1. The molecule has 0 aliphatic heterocycles. The first kappa shape index (κ1) is 12.6. The molecule has 0 aliphatic carbocycles. The van der Waals surface area contributed by atoms with E-state index in [0.29, 0.717) is 0 Å². The number of nitrogens with zero attached hydrogens (tertiary/aromatic N) is 2. The van der Waals surface area contributed by atoms with Crippen LogP contribution < -0.4 is 16.2 Å². The Kier molecular flexibility index (Phi) is 3.08. The molecule has 0 unspecified atom stereocenters. The van der Waals surface area contributed by atoms with Crippen molar-refractivity contribution in [3.63, 3.8) is 0 Å². The summed E-state index contributed by atoms with van der Waals surface area (Å²) in [6.45, 7) is 0. The molecule has 1 rings (SSSR count). The molecule has 17 heavy (non-hydrogen) atoms. The number of ether oxygens (including phenoxy) is 1. The van der Waals surface area contributed by atoms with Crippen molar-refractivity contribution in [3.05, 3.63) is 17.2 Å². The monoisotopic (exact) mass is 246 g/mol. The number of carbonyl (C=O) groups is 1. The second-order valence-corrected chi connectivity index (χ2v) is 2.80. The van der Waals surface area contributed by atoms with E-state index in [1.54, 1.807) is 0 Å². The maximum Gasteiger partial charge on any atom is 0.574 e. The maximum atomic E-state index is 12.0. The molecular formula is C8H5F3N4O2.